The van der Waals surface area contributed by atoms with Gasteiger partial charge in [0.05, 0.1) is 19.8 Å². The fourth-order valence-electron chi connectivity index (χ4n) is 2.17. The summed E-state index contributed by atoms with van der Waals surface area (Å²) in [4.78, 5) is 11.0. The normalized spacial score (nSPS) is 10.2. The number of methoxy groups -OCH3 is 2. The Morgan fingerprint density at radius 3 is 2.30 bits per heavy atom. The maximum absolute atomic E-state index is 11.0. The van der Waals surface area contributed by atoms with Gasteiger partial charge in [0.2, 0.25) is 0 Å². The van der Waals surface area contributed by atoms with E-state index in [0.29, 0.717) is 5.75 Å². The van der Waals surface area contributed by atoms with Crippen molar-refractivity contribution in [3.63, 3.8) is 0 Å². The van der Waals surface area contributed by atoms with E-state index in [4.69, 9.17) is 14.6 Å². The van der Waals surface area contributed by atoms with Gasteiger partial charge in [0.25, 0.3) is 0 Å². The van der Waals surface area contributed by atoms with Gasteiger partial charge in [0.15, 0.2) is 0 Å². The van der Waals surface area contributed by atoms with Gasteiger partial charge in [0.1, 0.15) is 11.5 Å². The lowest BCUT2D eigenvalue weighted by atomic mass is 9.97. The lowest BCUT2D eigenvalue weighted by Crippen LogP contribution is -1.99. The molecule has 2 rings (SSSR count). The molecular weight excluding hydrogens is 256 g/mol. The van der Waals surface area contributed by atoms with Crippen molar-refractivity contribution >= 4 is 5.97 Å². The number of carboxylic acids is 1. The Kier molecular flexibility index (Phi) is 3.94. The van der Waals surface area contributed by atoms with Crippen molar-refractivity contribution < 1.29 is 19.4 Å². The van der Waals surface area contributed by atoms with Crippen LogP contribution in [0.1, 0.15) is 15.9 Å². The maximum atomic E-state index is 11.0. The number of rotatable bonds is 4. The van der Waals surface area contributed by atoms with Crippen LogP contribution in [0, 0.1) is 6.92 Å². The van der Waals surface area contributed by atoms with Crippen molar-refractivity contribution in [1.82, 2.24) is 0 Å². The molecule has 4 nitrogen and oxygen atoms in total. The number of carbonyl (C=O) groups is 1. The molecule has 104 valence electrons. The van der Waals surface area contributed by atoms with Crippen molar-refractivity contribution in [2.45, 2.75) is 6.92 Å². The number of ether oxygens (including phenoxy) is 2. The molecule has 0 atom stereocenters. The van der Waals surface area contributed by atoms with Crippen LogP contribution in [0.25, 0.3) is 11.1 Å². The van der Waals surface area contributed by atoms with E-state index in [9.17, 15) is 4.79 Å². The molecule has 0 radical (unpaired) electrons. The molecule has 0 aliphatic heterocycles. The zero-order valence-corrected chi connectivity index (χ0v) is 11.6. The van der Waals surface area contributed by atoms with Gasteiger partial charge in [-0.05, 0) is 42.3 Å². The SMILES string of the molecule is COc1cc(C(=O)O)ccc1-c1cccc(OC)c1C. The molecule has 0 heterocycles. The van der Waals surface area contributed by atoms with Gasteiger partial charge in [-0.2, -0.15) is 0 Å². The van der Waals surface area contributed by atoms with Crippen LogP contribution >= 0.6 is 0 Å². The molecule has 0 spiro atoms. The van der Waals surface area contributed by atoms with Crippen molar-refractivity contribution in [3.05, 3.63) is 47.5 Å². The van der Waals surface area contributed by atoms with E-state index in [-0.39, 0.29) is 5.56 Å². The molecule has 0 unspecified atom stereocenters. The first kappa shape index (κ1) is 13.9. The summed E-state index contributed by atoms with van der Waals surface area (Å²) in [6.45, 7) is 1.96. The van der Waals surface area contributed by atoms with E-state index in [1.807, 2.05) is 25.1 Å². The molecule has 0 aliphatic carbocycles. The van der Waals surface area contributed by atoms with E-state index in [0.717, 1.165) is 22.4 Å². The second-order valence-electron chi connectivity index (χ2n) is 4.35. The quantitative estimate of drug-likeness (QED) is 0.927. The van der Waals surface area contributed by atoms with E-state index in [2.05, 4.69) is 0 Å². The topological polar surface area (TPSA) is 55.8 Å². The fourth-order valence-corrected chi connectivity index (χ4v) is 2.17. The lowest BCUT2D eigenvalue weighted by Gasteiger charge is -2.14. The van der Waals surface area contributed by atoms with Crippen molar-refractivity contribution in [1.29, 1.82) is 0 Å². The molecule has 20 heavy (non-hydrogen) atoms. The average molecular weight is 272 g/mol. The number of carboxylic acid groups (broad SMARTS) is 1. The summed E-state index contributed by atoms with van der Waals surface area (Å²) in [6, 6.07) is 10.6. The predicted molar refractivity (Wildman–Crippen MR) is 76.7 cm³/mol. The second kappa shape index (κ2) is 5.65. The van der Waals surface area contributed by atoms with Crippen molar-refractivity contribution in [3.8, 4) is 22.6 Å². The molecule has 2 aromatic carbocycles. The van der Waals surface area contributed by atoms with Crippen LogP contribution in [0.15, 0.2) is 36.4 Å². The summed E-state index contributed by atoms with van der Waals surface area (Å²) in [5, 5.41) is 9.03. The van der Waals surface area contributed by atoms with Gasteiger partial charge in [-0.1, -0.05) is 12.1 Å². The van der Waals surface area contributed by atoms with Crippen LogP contribution in [0.2, 0.25) is 0 Å². The summed E-state index contributed by atoms with van der Waals surface area (Å²) in [5.41, 5.74) is 2.98. The molecule has 0 amide bonds. The molecular formula is C16H16O4. The van der Waals surface area contributed by atoms with Crippen molar-refractivity contribution in [2.75, 3.05) is 14.2 Å². The minimum atomic E-state index is -0.975. The Morgan fingerprint density at radius 2 is 1.70 bits per heavy atom. The Labute approximate surface area is 117 Å². The molecule has 0 saturated heterocycles. The summed E-state index contributed by atoms with van der Waals surface area (Å²) in [5.74, 6) is 0.338. The molecule has 1 N–H and O–H groups in total. The molecule has 0 aromatic heterocycles. The number of benzene rings is 2. The van der Waals surface area contributed by atoms with Gasteiger partial charge in [-0.15, -0.1) is 0 Å². The first-order valence-electron chi connectivity index (χ1n) is 6.13. The lowest BCUT2D eigenvalue weighted by molar-refractivity contribution is 0.0696. The van der Waals surface area contributed by atoms with Crippen LogP contribution in [-0.4, -0.2) is 25.3 Å². The summed E-state index contributed by atoms with van der Waals surface area (Å²) in [7, 11) is 3.15. The molecule has 0 fully saturated rings. The number of aromatic carboxylic acids is 1. The van der Waals surface area contributed by atoms with Gasteiger partial charge < -0.3 is 14.6 Å². The fraction of sp³-hybridized carbons (Fsp3) is 0.188. The molecule has 0 aliphatic rings. The Balaban J connectivity index is 2.61. The van der Waals surface area contributed by atoms with Gasteiger partial charge in [0, 0.05) is 5.56 Å². The van der Waals surface area contributed by atoms with E-state index >= 15 is 0 Å². The Morgan fingerprint density at radius 1 is 1.00 bits per heavy atom. The zero-order chi connectivity index (χ0) is 14.7. The third-order valence-corrected chi connectivity index (χ3v) is 3.24. The Hall–Kier alpha value is -2.49. The van der Waals surface area contributed by atoms with E-state index < -0.39 is 5.97 Å². The van der Waals surface area contributed by atoms with E-state index in [1.54, 1.807) is 19.2 Å². The van der Waals surface area contributed by atoms with Crippen LogP contribution in [0.4, 0.5) is 0 Å². The van der Waals surface area contributed by atoms with Crippen LogP contribution in [-0.2, 0) is 0 Å². The average Bonchev–Trinajstić information content (AvgIpc) is 2.47. The monoisotopic (exact) mass is 272 g/mol. The largest absolute Gasteiger partial charge is 0.496 e. The first-order chi connectivity index (χ1) is 9.58. The highest BCUT2D eigenvalue weighted by Crippen LogP contribution is 2.36. The molecule has 2 aromatic rings. The van der Waals surface area contributed by atoms with Gasteiger partial charge >= 0.3 is 5.97 Å². The number of hydrogen-bond acceptors (Lipinski definition) is 3. The van der Waals surface area contributed by atoms with Gasteiger partial charge in [-0.3, -0.25) is 0 Å². The predicted octanol–water partition coefficient (Wildman–Crippen LogP) is 3.38. The zero-order valence-electron chi connectivity index (χ0n) is 11.6. The van der Waals surface area contributed by atoms with Gasteiger partial charge in [-0.25, -0.2) is 4.79 Å². The first-order valence-corrected chi connectivity index (χ1v) is 6.13. The van der Waals surface area contributed by atoms with E-state index in [1.165, 1.54) is 13.2 Å². The summed E-state index contributed by atoms with van der Waals surface area (Å²) in [6.07, 6.45) is 0. The molecule has 0 bridgehead atoms. The number of hydrogen-bond donors (Lipinski definition) is 1. The van der Waals surface area contributed by atoms with Crippen LogP contribution in [0.3, 0.4) is 0 Å². The highest BCUT2D eigenvalue weighted by molar-refractivity contribution is 5.90. The third-order valence-electron chi connectivity index (χ3n) is 3.24. The minimum Gasteiger partial charge on any atom is -0.496 e. The summed E-state index contributed by atoms with van der Waals surface area (Å²) < 4.78 is 10.6. The standard InChI is InChI=1S/C16H16O4/c1-10-12(5-4-6-14(10)19-2)13-8-7-11(16(17)18)9-15(13)20-3/h4-9H,1-3H3,(H,17,18). The third kappa shape index (κ3) is 2.45. The highest BCUT2D eigenvalue weighted by atomic mass is 16.5. The molecule has 4 heteroatoms. The smallest absolute Gasteiger partial charge is 0.335 e. The molecule has 0 saturated carbocycles. The Bertz CT molecular complexity index is 647. The minimum absolute atomic E-state index is 0.200. The maximum Gasteiger partial charge on any atom is 0.335 e. The van der Waals surface area contributed by atoms with Crippen LogP contribution < -0.4 is 9.47 Å². The second-order valence-corrected chi connectivity index (χ2v) is 4.35. The summed E-state index contributed by atoms with van der Waals surface area (Å²) >= 11 is 0. The van der Waals surface area contributed by atoms with Crippen LogP contribution in [0.5, 0.6) is 11.5 Å². The highest BCUT2D eigenvalue weighted by Gasteiger charge is 2.13. The van der Waals surface area contributed by atoms with Crippen molar-refractivity contribution in [2.24, 2.45) is 0 Å².